The Balaban J connectivity index is 2.56. The van der Waals surface area contributed by atoms with Crippen LogP contribution in [0.5, 0.6) is 0 Å². The third-order valence-electron chi connectivity index (χ3n) is 2.44. The summed E-state index contributed by atoms with van der Waals surface area (Å²) in [6.45, 7) is 1.66. The molecule has 1 aromatic rings. The van der Waals surface area contributed by atoms with Crippen molar-refractivity contribution in [3.8, 4) is 0 Å². The predicted octanol–water partition coefficient (Wildman–Crippen LogP) is 1.97. The third-order valence-corrected chi connectivity index (χ3v) is 2.97. The molecule has 0 aliphatic carbocycles. The Morgan fingerprint density at radius 2 is 1.95 bits per heavy atom. The minimum Gasteiger partial charge on any atom is -0.452 e. The van der Waals surface area contributed by atoms with Crippen LogP contribution in [0.25, 0.3) is 0 Å². The number of nitrogens with one attached hydrogen (secondary N) is 2. The smallest absolute Gasteiger partial charge is 0.340 e. The van der Waals surface area contributed by atoms with Gasteiger partial charge in [-0.15, -0.1) is 0 Å². The van der Waals surface area contributed by atoms with Crippen molar-refractivity contribution in [3.63, 3.8) is 0 Å². The lowest BCUT2D eigenvalue weighted by molar-refractivity contribution is -0.123. The van der Waals surface area contributed by atoms with E-state index < -0.39 is 24.5 Å². The van der Waals surface area contributed by atoms with Gasteiger partial charge in [-0.05, 0) is 18.6 Å². The van der Waals surface area contributed by atoms with Gasteiger partial charge in [-0.25, -0.2) is 9.59 Å². The Labute approximate surface area is 137 Å². The maximum absolute atomic E-state index is 11.8. The van der Waals surface area contributed by atoms with Gasteiger partial charge in [0.15, 0.2) is 6.61 Å². The molecule has 3 amide bonds. The van der Waals surface area contributed by atoms with Crippen LogP contribution in [-0.2, 0) is 9.53 Å². The first-order valence-corrected chi connectivity index (χ1v) is 7.10. The van der Waals surface area contributed by atoms with Crippen LogP contribution in [0.3, 0.4) is 0 Å². The van der Waals surface area contributed by atoms with Gasteiger partial charge in [-0.2, -0.15) is 0 Å². The summed E-state index contributed by atoms with van der Waals surface area (Å²) in [7, 11) is 0. The highest BCUT2D eigenvalue weighted by Gasteiger charge is 2.17. The number of imide groups is 1. The second-order valence-corrected chi connectivity index (χ2v) is 5.07. The van der Waals surface area contributed by atoms with E-state index >= 15 is 0 Å². The molecule has 22 heavy (non-hydrogen) atoms. The van der Waals surface area contributed by atoms with E-state index in [-0.39, 0.29) is 21.3 Å². The van der Waals surface area contributed by atoms with Crippen molar-refractivity contribution in [3.05, 3.63) is 27.7 Å². The lowest BCUT2D eigenvalue weighted by Crippen LogP contribution is -2.41. The number of urea groups is 1. The molecular formula is C13H15Cl2N3O4. The van der Waals surface area contributed by atoms with Crippen LogP contribution in [0.15, 0.2) is 12.1 Å². The summed E-state index contributed by atoms with van der Waals surface area (Å²) in [5, 5.41) is 4.75. The number of esters is 1. The molecule has 1 rings (SSSR count). The minimum absolute atomic E-state index is 0.00263. The summed E-state index contributed by atoms with van der Waals surface area (Å²) in [5.74, 6) is -1.64. The molecule has 0 spiro atoms. The zero-order chi connectivity index (χ0) is 16.7. The lowest BCUT2D eigenvalue weighted by atomic mass is 10.2. The first-order chi connectivity index (χ1) is 10.3. The fourth-order valence-corrected chi connectivity index (χ4v) is 1.90. The topological polar surface area (TPSA) is 111 Å². The van der Waals surface area contributed by atoms with Crippen molar-refractivity contribution in [1.82, 2.24) is 10.6 Å². The zero-order valence-electron chi connectivity index (χ0n) is 11.7. The van der Waals surface area contributed by atoms with E-state index in [9.17, 15) is 14.4 Å². The number of ether oxygens (including phenoxy) is 1. The Morgan fingerprint density at radius 1 is 1.27 bits per heavy atom. The standard InChI is InChI=1S/C13H15Cl2N3O4/c1-2-3-17-13(21)18-10(19)6-22-12(20)8-4-7(14)5-9(15)11(8)16/h4-5H,2-3,6,16H2,1H3,(H2,17,18,19,21). The molecule has 4 N–H and O–H groups in total. The molecule has 0 unspecified atom stereocenters. The highest BCUT2D eigenvalue weighted by molar-refractivity contribution is 6.37. The van der Waals surface area contributed by atoms with Crippen molar-refractivity contribution in [2.75, 3.05) is 18.9 Å². The maximum Gasteiger partial charge on any atom is 0.340 e. The molecule has 1 aromatic carbocycles. The van der Waals surface area contributed by atoms with Crippen LogP contribution in [0, 0.1) is 0 Å². The van der Waals surface area contributed by atoms with Gasteiger partial charge in [0.1, 0.15) is 0 Å². The number of anilines is 1. The molecular weight excluding hydrogens is 333 g/mol. The molecule has 0 bridgehead atoms. The second kappa shape index (κ2) is 8.45. The molecule has 7 nitrogen and oxygen atoms in total. The van der Waals surface area contributed by atoms with E-state index in [4.69, 9.17) is 33.7 Å². The summed E-state index contributed by atoms with van der Waals surface area (Å²) in [6.07, 6.45) is 0.728. The van der Waals surface area contributed by atoms with Gasteiger partial charge in [0.2, 0.25) is 0 Å². The number of amides is 3. The number of rotatable bonds is 5. The number of hydrogen-bond donors (Lipinski definition) is 3. The molecule has 0 aliphatic rings. The van der Waals surface area contributed by atoms with E-state index in [0.29, 0.717) is 6.54 Å². The molecule has 9 heteroatoms. The van der Waals surface area contributed by atoms with Crippen molar-refractivity contribution >= 4 is 46.8 Å². The Morgan fingerprint density at radius 3 is 2.59 bits per heavy atom. The quantitative estimate of drug-likeness (QED) is 0.557. The van der Waals surface area contributed by atoms with Crippen LogP contribution < -0.4 is 16.4 Å². The van der Waals surface area contributed by atoms with Gasteiger partial charge >= 0.3 is 12.0 Å². The SMILES string of the molecule is CCCNC(=O)NC(=O)COC(=O)c1cc(Cl)cc(Cl)c1N. The number of carbonyl (C=O) groups excluding carboxylic acids is 3. The highest BCUT2D eigenvalue weighted by Crippen LogP contribution is 2.27. The predicted molar refractivity (Wildman–Crippen MR) is 83.0 cm³/mol. The molecule has 0 saturated heterocycles. The summed E-state index contributed by atoms with van der Waals surface area (Å²) >= 11 is 11.6. The first-order valence-electron chi connectivity index (χ1n) is 6.34. The minimum atomic E-state index is -0.869. The van der Waals surface area contributed by atoms with Gasteiger partial charge in [0.25, 0.3) is 5.91 Å². The van der Waals surface area contributed by atoms with Crippen LogP contribution in [-0.4, -0.2) is 31.1 Å². The van der Waals surface area contributed by atoms with Crippen LogP contribution in [0.1, 0.15) is 23.7 Å². The Hall–Kier alpha value is -1.99. The average molecular weight is 348 g/mol. The molecule has 0 aliphatic heterocycles. The largest absolute Gasteiger partial charge is 0.452 e. The van der Waals surface area contributed by atoms with Crippen LogP contribution in [0.4, 0.5) is 10.5 Å². The summed E-state index contributed by atoms with van der Waals surface area (Å²) in [6, 6.07) is 1.99. The van der Waals surface area contributed by atoms with Gasteiger partial charge in [0.05, 0.1) is 16.3 Å². The third kappa shape index (κ3) is 5.42. The summed E-state index contributed by atoms with van der Waals surface area (Å²) in [4.78, 5) is 34.5. The molecule has 0 fully saturated rings. The summed E-state index contributed by atoms with van der Waals surface area (Å²) < 4.78 is 4.76. The summed E-state index contributed by atoms with van der Waals surface area (Å²) in [5.41, 5.74) is 5.58. The van der Waals surface area contributed by atoms with E-state index in [2.05, 4.69) is 5.32 Å². The number of benzene rings is 1. The fraction of sp³-hybridized carbons (Fsp3) is 0.308. The van der Waals surface area contributed by atoms with Gasteiger partial charge in [-0.1, -0.05) is 30.1 Å². The first kappa shape index (κ1) is 18.1. The molecule has 0 heterocycles. The monoisotopic (exact) mass is 347 g/mol. The van der Waals surface area contributed by atoms with E-state index in [0.717, 1.165) is 6.42 Å². The van der Waals surface area contributed by atoms with E-state index in [1.54, 1.807) is 0 Å². The normalized spacial score (nSPS) is 9.95. The van der Waals surface area contributed by atoms with Gasteiger partial charge in [0, 0.05) is 11.6 Å². The number of carbonyl (C=O) groups is 3. The fourth-order valence-electron chi connectivity index (χ4n) is 1.41. The number of nitrogen functional groups attached to an aromatic ring is 1. The van der Waals surface area contributed by atoms with Gasteiger partial charge in [-0.3, -0.25) is 10.1 Å². The van der Waals surface area contributed by atoms with Crippen molar-refractivity contribution in [2.24, 2.45) is 0 Å². The lowest BCUT2D eigenvalue weighted by Gasteiger charge is -2.09. The molecule has 0 saturated carbocycles. The Bertz CT molecular complexity index is 593. The molecule has 120 valence electrons. The van der Waals surface area contributed by atoms with Gasteiger partial charge < -0.3 is 15.8 Å². The zero-order valence-corrected chi connectivity index (χ0v) is 13.3. The van der Waals surface area contributed by atoms with Crippen molar-refractivity contribution in [1.29, 1.82) is 0 Å². The van der Waals surface area contributed by atoms with E-state index in [1.165, 1.54) is 12.1 Å². The molecule has 0 aromatic heterocycles. The van der Waals surface area contributed by atoms with Crippen LogP contribution in [0.2, 0.25) is 10.0 Å². The maximum atomic E-state index is 11.8. The van der Waals surface area contributed by atoms with Crippen molar-refractivity contribution in [2.45, 2.75) is 13.3 Å². The number of nitrogens with two attached hydrogens (primary N) is 1. The number of halogens is 2. The Kier molecular flexibility index (Phi) is 6.94. The van der Waals surface area contributed by atoms with Crippen LogP contribution >= 0.6 is 23.2 Å². The number of hydrogen-bond acceptors (Lipinski definition) is 5. The highest BCUT2D eigenvalue weighted by atomic mass is 35.5. The molecule has 0 radical (unpaired) electrons. The van der Waals surface area contributed by atoms with E-state index in [1.807, 2.05) is 12.2 Å². The average Bonchev–Trinajstić information content (AvgIpc) is 2.46. The second-order valence-electron chi connectivity index (χ2n) is 4.23. The van der Waals surface area contributed by atoms with Crippen molar-refractivity contribution < 1.29 is 19.1 Å². The molecule has 0 atom stereocenters.